The van der Waals surface area contributed by atoms with Crippen LogP contribution in [0.2, 0.25) is 0 Å². The number of nitrogens with zero attached hydrogens (tertiary/aromatic N) is 2. The highest BCUT2D eigenvalue weighted by Gasteiger charge is 2.13. The first-order chi connectivity index (χ1) is 13.0. The Hall–Kier alpha value is -2.99. The first-order valence-electron chi connectivity index (χ1n) is 8.57. The van der Waals surface area contributed by atoms with Crippen molar-refractivity contribution in [2.24, 2.45) is 0 Å². The van der Waals surface area contributed by atoms with E-state index in [4.69, 9.17) is 4.74 Å². The summed E-state index contributed by atoms with van der Waals surface area (Å²) in [7, 11) is 0. The molecular weight excluding hydrogens is 360 g/mol. The summed E-state index contributed by atoms with van der Waals surface area (Å²) in [5.74, 6) is -0.739. The molecule has 1 atom stereocenters. The van der Waals surface area contributed by atoms with Gasteiger partial charge in [-0.3, -0.25) is 9.48 Å². The van der Waals surface area contributed by atoms with E-state index in [1.54, 1.807) is 24.3 Å². The number of Topliss-reactive ketones (excluding diaryl/α,β-unsaturated/α-hetero) is 1. The van der Waals surface area contributed by atoms with Crippen LogP contribution in [0.3, 0.4) is 0 Å². The van der Waals surface area contributed by atoms with E-state index in [1.807, 2.05) is 58.7 Å². The second-order valence-corrected chi connectivity index (χ2v) is 7.06. The maximum absolute atomic E-state index is 11.9. The second-order valence-electron chi connectivity index (χ2n) is 6.12. The van der Waals surface area contributed by atoms with E-state index in [0.717, 1.165) is 21.7 Å². The zero-order valence-corrected chi connectivity index (χ0v) is 16.0. The summed E-state index contributed by atoms with van der Waals surface area (Å²) < 4.78 is 6.92. The number of hydrogen-bond donors (Lipinski definition) is 0. The van der Waals surface area contributed by atoms with E-state index in [9.17, 15) is 9.59 Å². The Bertz CT molecular complexity index is 943. The number of hydrogen-bond acceptors (Lipinski definition) is 5. The highest BCUT2D eigenvalue weighted by atomic mass is 32.1. The number of benzene rings is 1. The van der Waals surface area contributed by atoms with Crippen LogP contribution in [0, 0.1) is 0 Å². The molecule has 0 saturated heterocycles. The molecule has 0 aliphatic heterocycles. The number of aromatic nitrogens is 2. The topological polar surface area (TPSA) is 61.2 Å². The summed E-state index contributed by atoms with van der Waals surface area (Å²) in [6.45, 7) is 3.59. The van der Waals surface area contributed by atoms with Crippen LogP contribution in [0.25, 0.3) is 16.6 Å². The molecule has 0 aliphatic carbocycles. The van der Waals surface area contributed by atoms with Crippen LogP contribution in [0.5, 0.6) is 0 Å². The summed E-state index contributed by atoms with van der Waals surface area (Å²) in [5.41, 5.74) is 2.77. The van der Waals surface area contributed by atoms with E-state index in [2.05, 4.69) is 5.10 Å². The first kappa shape index (κ1) is 18.8. The van der Waals surface area contributed by atoms with Crippen molar-refractivity contribution >= 4 is 29.2 Å². The van der Waals surface area contributed by atoms with Gasteiger partial charge in [0.25, 0.3) is 0 Å². The molecule has 1 unspecified atom stereocenters. The average Bonchev–Trinajstić information content (AvgIpc) is 3.30. The number of ether oxygens (including phenoxy) is 1. The third kappa shape index (κ3) is 5.01. The van der Waals surface area contributed by atoms with Crippen molar-refractivity contribution in [2.45, 2.75) is 26.5 Å². The maximum atomic E-state index is 11.9. The molecule has 3 aromatic rings. The van der Waals surface area contributed by atoms with Crippen LogP contribution in [0.15, 0.2) is 60.1 Å². The summed E-state index contributed by atoms with van der Waals surface area (Å²) in [6.07, 6.45) is 4.17. The Morgan fingerprint density at radius 3 is 2.67 bits per heavy atom. The van der Waals surface area contributed by atoms with Crippen molar-refractivity contribution in [3.63, 3.8) is 0 Å². The van der Waals surface area contributed by atoms with E-state index in [1.165, 1.54) is 13.0 Å². The fraction of sp³-hybridized carbons (Fsp3) is 0.190. The third-order valence-electron chi connectivity index (χ3n) is 4.00. The van der Waals surface area contributed by atoms with Gasteiger partial charge in [-0.25, -0.2) is 4.79 Å². The van der Waals surface area contributed by atoms with Crippen molar-refractivity contribution in [1.82, 2.24) is 9.78 Å². The average molecular weight is 380 g/mol. The standard InChI is InChI=1S/C21H20N2O3S/c1-15(24)16(2)26-20(25)11-10-18-14-23(13-17-7-4-3-5-8-17)22-21(18)19-9-6-12-27-19/h3-12,14,16H,13H2,1-2H3/b11-10+. The van der Waals surface area contributed by atoms with Gasteiger partial charge in [-0.1, -0.05) is 36.4 Å². The van der Waals surface area contributed by atoms with Crippen LogP contribution >= 0.6 is 11.3 Å². The molecule has 0 bridgehead atoms. The Labute approximate surface area is 161 Å². The largest absolute Gasteiger partial charge is 0.452 e. The molecule has 0 fully saturated rings. The molecule has 0 amide bonds. The first-order valence-corrected chi connectivity index (χ1v) is 9.45. The van der Waals surface area contributed by atoms with E-state index >= 15 is 0 Å². The lowest BCUT2D eigenvalue weighted by molar-refractivity contribution is -0.148. The lowest BCUT2D eigenvalue weighted by Gasteiger charge is -2.06. The Balaban J connectivity index is 1.83. The molecule has 27 heavy (non-hydrogen) atoms. The number of carbonyl (C=O) groups is 2. The van der Waals surface area contributed by atoms with Gasteiger partial charge in [0.15, 0.2) is 11.9 Å². The Kier molecular flexibility index (Phi) is 5.98. The molecule has 0 radical (unpaired) electrons. The number of carbonyl (C=O) groups excluding carboxylic acids is 2. The van der Waals surface area contributed by atoms with Gasteiger partial charge in [0.2, 0.25) is 0 Å². The van der Waals surface area contributed by atoms with E-state index < -0.39 is 12.1 Å². The fourth-order valence-electron chi connectivity index (χ4n) is 2.47. The zero-order chi connectivity index (χ0) is 19.2. The molecule has 0 saturated carbocycles. The molecule has 0 N–H and O–H groups in total. The second kappa shape index (κ2) is 8.60. The van der Waals surface area contributed by atoms with Crippen LogP contribution in [-0.4, -0.2) is 27.6 Å². The zero-order valence-electron chi connectivity index (χ0n) is 15.2. The maximum Gasteiger partial charge on any atom is 0.331 e. The van der Waals surface area contributed by atoms with Crippen molar-refractivity contribution < 1.29 is 14.3 Å². The van der Waals surface area contributed by atoms with Crippen molar-refractivity contribution in [3.8, 4) is 10.6 Å². The minimum atomic E-state index is -0.750. The molecule has 2 heterocycles. The molecule has 6 heteroatoms. The Morgan fingerprint density at radius 2 is 2.00 bits per heavy atom. The van der Waals surface area contributed by atoms with Crippen LogP contribution in [0.1, 0.15) is 25.0 Å². The van der Waals surface area contributed by atoms with Crippen molar-refractivity contribution in [1.29, 1.82) is 0 Å². The predicted octanol–water partition coefficient (Wildman–Crippen LogP) is 4.19. The third-order valence-corrected chi connectivity index (χ3v) is 4.87. The molecular formula is C21H20N2O3S. The fourth-order valence-corrected chi connectivity index (χ4v) is 3.20. The van der Waals surface area contributed by atoms with E-state index in [-0.39, 0.29) is 5.78 Å². The minimum Gasteiger partial charge on any atom is -0.452 e. The number of thiophene rings is 1. The quantitative estimate of drug-likeness (QED) is 0.455. The molecule has 5 nitrogen and oxygen atoms in total. The molecule has 2 aromatic heterocycles. The lowest BCUT2D eigenvalue weighted by atomic mass is 10.2. The molecule has 3 rings (SSSR count). The van der Waals surface area contributed by atoms with Gasteiger partial charge >= 0.3 is 5.97 Å². The smallest absolute Gasteiger partial charge is 0.331 e. The summed E-state index contributed by atoms with van der Waals surface area (Å²) in [5, 5.41) is 6.67. The van der Waals surface area contributed by atoms with Crippen molar-refractivity contribution in [3.05, 3.63) is 71.2 Å². The number of rotatable bonds is 7. The van der Waals surface area contributed by atoms with Gasteiger partial charge < -0.3 is 4.74 Å². The SMILES string of the molecule is CC(=O)C(C)OC(=O)/C=C/c1cn(Cc2ccccc2)nc1-c1cccs1. The van der Waals surface area contributed by atoms with Gasteiger partial charge in [-0.15, -0.1) is 11.3 Å². The monoisotopic (exact) mass is 380 g/mol. The van der Waals surface area contributed by atoms with Gasteiger partial charge in [0.1, 0.15) is 5.69 Å². The van der Waals surface area contributed by atoms with Crippen LogP contribution in [-0.2, 0) is 20.9 Å². The lowest BCUT2D eigenvalue weighted by Crippen LogP contribution is -2.20. The van der Waals surface area contributed by atoms with Gasteiger partial charge in [0.05, 0.1) is 11.4 Å². The minimum absolute atomic E-state index is 0.188. The number of ketones is 1. The predicted molar refractivity (Wildman–Crippen MR) is 106 cm³/mol. The molecule has 0 aliphatic rings. The van der Waals surface area contributed by atoms with Crippen molar-refractivity contribution in [2.75, 3.05) is 0 Å². The number of esters is 1. The summed E-state index contributed by atoms with van der Waals surface area (Å²) >= 11 is 1.59. The van der Waals surface area contributed by atoms with Crippen LogP contribution < -0.4 is 0 Å². The normalized spacial score (nSPS) is 12.2. The van der Waals surface area contributed by atoms with Gasteiger partial charge in [0, 0.05) is 17.8 Å². The highest BCUT2D eigenvalue weighted by molar-refractivity contribution is 7.13. The van der Waals surface area contributed by atoms with Crippen LogP contribution in [0.4, 0.5) is 0 Å². The summed E-state index contributed by atoms with van der Waals surface area (Å²) in [6, 6.07) is 14.0. The van der Waals surface area contributed by atoms with Gasteiger partial charge in [-0.2, -0.15) is 5.10 Å². The molecule has 1 aromatic carbocycles. The highest BCUT2D eigenvalue weighted by Crippen LogP contribution is 2.27. The van der Waals surface area contributed by atoms with E-state index in [0.29, 0.717) is 6.54 Å². The van der Waals surface area contributed by atoms with Gasteiger partial charge in [-0.05, 0) is 36.9 Å². The molecule has 138 valence electrons. The molecule has 0 spiro atoms. The summed E-state index contributed by atoms with van der Waals surface area (Å²) in [4.78, 5) is 24.2. The Morgan fingerprint density at radius 1 is 1.22 bits per heavy atom.